The van der Waals surface area contributed by atoms with Gasteiger partial charge < -0.3 is 10.5 Å². The second kappa shape index (κ2) is 5.64. The third-order valence-corrected chi connectivity index (χ3v) is 1.89. The standard InChI is InChI=1S/C11H12N2O4/c1-7(14)8-4-2-3-5-9(8)17-6-10(15)13-11(12)16/h2-5H,6H2,1H3,(H3,12,13,15,16). The number of imide groups is 1. The molecule has 6 heteroatoms. The number of primary amides is 1. The van der Waals surface area contributed by atoms with E-state index in [0.29, 0.717) is 11.3 Å². The molecule has 0 saturated heterocycles. The topological polar surface area (TPSA) is 98.5 Å². The average molecular weight is 236 g/mol. The highest BCUT2D eigenvalue weighted by atomic mass is 16.5. The Morgan fingerprint density at radius 3 is 2.53 bits per heavy atom. The van der Waals surface area contributed by atoms with E-state index < -0.39 is 11.9 Å². The number of benzene rings is 1. The summed E-state index contributed by atoms with van der Waals surface area (Å²) in [5.74, 6) is -0.550. The summed E-state index contributed by atoms with van der Waals surface area (Å²) < 4.78 is 5.12. The molecule has 1 aromatic rings. The Bertz CT molecular complexity index is 457. The number of hydrogen-bond donors (Lipinski definition) is 2. The Hall–Kier alpha value is -2.37. The molecule has 3 amide bonds. The monoisotopic (exact) mass is 236 g/mol. The first-order chi connectivity index (χ1) is 8.00. The average Bonchev–Trinajstić information content (AvgIpc) is 2.25. The van der Waals surface area contributed by atoms with E-state index in [1.165, 1.54) is 6.92 Å². The fourth-order valence-corrected chi connectivity index (χ4v) is 1.20. The SMILES string of the molecule is CC(=O)c1ccccc1OCC(=O)NC(N)=O. The number of rotatable bonds is 4. The minimum absolute atomic E-state index is 0.170. The first kappa shape index (κ1) is 12.7. The highest BCUT2D eigenvalue weighted by Crippen LogP contribution is 2.17. The number of nitrogens with two attached hydrogens (primary N) is 1. The number of carbonyl (C=O) groups is 3. The van der Waals surface area contributed by atoms with Crippen LogP contribution in [0.15, 0.2) is 24.3 Å². The van der Waals surface area contributed by atoms with E-state index in [2.05, 4.69) is 0 Å². The number of ketones is 1. The Kier molecular flexibility index (Phi) is 4.21. The van der Waals surface area contributed by atoms with Crippen LogP contribution >= 0.6 is 0 Å². The summed E-state index contributed by atoms with van der Waals surface area (Å²) in [6.45, 7) is 1.01. The summed E-state index contributed by atoms with van der Waals surface area (Å²) in [6.07, 6.45) is 0. The van der Waals surface area contributed by atoms with E-state index in [4.69, 9.17) is 10.5 Å². The van der Waals surface area contributed by atoms with Crippen LogP contribution in [-0.2, 0) is 4.79 Å². The van der Waals surface area contributed by atoms with E-state index in [1.807, 2.05) is 5.32 Å². The number of carbonyl (C=O) groups excluding carboxylic acids is 3. The van der Waals surface area contributed by atoms with Gasteiger partial charge in [-0.1, -0.05) is 12.1 Å². The summed E-state index contributed by atoms with van der Waals surface area (Å²) in [5.41, 5.74) is 5.13. The lowest BCUT2D eigenvalue weighted by Gasteiger charge is -2.08. The van der Waals surface area contributed by atoms with Crippen molar-refractivity contribution in [3.63, 3.8) is 0 Å². The van der Waals surface area contributed by atoms with Crippen LogP contribution in [0.3, 0.4) is 0 Å². The van der Waals surface area contributed by atoms with Gasteiger partial charge in [0.05, 0.1) is 5.56 Å². The van der Waals surface area contributed by atoms with Crippen molar-refractivity contribution in [2.24, 2.45) is 5.73 Å². The lowest BCUT2D eigenvalue weighted by atomic mass is 10.1. The van der Waals surface area contributed by atoms with E-state index in [0.717, 1.165) is 0 Å². The van der Waals surface area contributed by atoms with Crippen molar-refractivity contribution in [2.45, 2.75) is 6.92 Å². The molecule has 0 aliphatic carbocycles. The zero-order chi connectivity index (χ0) is 12.8. The van der Waals surface area contributed by atoms with Gasteiger partial charge >= 0.3 is 6.03 Å². The third kappa shape index (κ3) is 3.94. The molecule has 3 N–H and O–H groups in total. The van der Waals surface area contributed by atoms with Crippen molar-refractivity contribution < 1.29 is 19.1 Å². The molecule has 1 aromatic carbocycles. The molecular formula is C11H12N2O4. The molecule has 17 heavy (non-hydrogen) atoms. The lowest BCUT2D eigenvalue weighted by Crippen LogP contribution is -2.38. The normalized spacial score (nSPS) is 9.47. The van der Waals surface area contributed by atoms with Gasteiger partial charge in [0.1, 0.15) is 5.75 Å². The fraction of sp³-hybridized carbons (Fsp3) is 0.182. The zero-order valence-corrected chi connectivity index (χ0v) is 9.23. The van der Waals surface area contributed by atoms with Gasteiger partial charge in [0, 0.05) is 0 Å². The van der Waals surface area contributed by atoms with Crippen LogP contribution in [0.25, 0.3) is 0 Å². The van der Waals surface area contributed by atoms with Crippen molar-refractivity contribution >= 4 is 17.7 Å². The molecule has 0 saturated carbocycles. The van der Waals surface area contributed by atoms with Gasteiger partial charge in [-0.05, 0) is 19.1 Å². The Balaban J connectivity index is 2.66. The van der Waals surface area contributed by atoms with Crippen molar-refractivity contribution in [1.29, 1.82) is 0 Å². The summed E-state index contributed by atoms with van der Waals surface area (Å²) in [7, 11) is 0. The minimum Gasteiger partial charge on any atom is -0.483 e. The maximum Gasteiger partial charge on any atom is 0.318 e. The predicted octanol–water partition coefficient (Wildman–Crippen LogP) is 0.463. The highest BCUT2D eigenvalue weighted by molar-refractivity contribution is 5.97. The first-order valence-corrected chi connectivity index (χ1v) is 4.82. The van der Waals surface area contributed by atoms with Gasteiger partial charge in [0.25, 0.3) is 5.91 Å². The highest BCUT2D eigenvalue weighted by Gasteiger charge is 2.10. The Morgan fingerprint density at radius 2 is 1.94 bits per heavy atom. The molecule has 0 radical (unpaired) electrons. The van der Waals surface area contributed by atoms with E-state index in [-0.39, 0.29) is 12.4 Å². The van der Waals surface area contributed by atoms with Crippen LogP contribution in [0.4, 0.5) is 4.79 Å². The van der Waals surface area contributed by atoms with Gasteiger partial charge in [0.2, 0.25) is 0 Å². The number of Topliss-reactive ketones (excluding diaryl/α,β-unsaturated/α-hetero) is 1. The van der Waals surface area contributed by atoms with E-state index in [9.17, 15) is 14.4 Å². The summed E-state index contributed by atoms with van der Waals surface area (Å²) in [6, 6.07) is 5.57. The summed E-state index contributed by atoms with van der Waals surface area (Å²) in [4.78, 5) is 32.7. The van der Waals surface area contributed by atoms with E-state index in [1.54, 1.807) is 24.3 Å². The smallest absolute Gasteiger partial charge is 0.318 e. The van der Waals surface area contributed by atoms with Crippen LogP contribution in [0.1, 0.15) is 17.3 Å². The van der Waals surface area contributed by atoms with Crippen molar-refractivity contribution in [3.05, 3.63) is 29.8 Å². The molecule has 0 unspecified atom stereocenters. The third-order valence-electron chi connectivity index (χ3n) is 1.89. The quantitative estimate of drug-likeness (QED) is 0.742. The number of hydrogen-bond acceptors (Lipinski definition) is 4. The number of nitrogens with one attached hydrogen (secondary N) is 1. The molecule has 6 nitrogen and oxygen atoms in total. The fourth-order valence-electron chi connectivity index (χ4n) is 1.20. The van der Waals surface area contributed by atoms with Crippen molar-refractivity contribution in [3.8, 4) is 5.75 Å². The molecular weight excluding hydrogens is 224 g/mol. The number of para-hydroxylation sites is 1. The molecule has 0 fully saturated rings. The first-order valence-electron chi connectivity index (χ1n) is 4.82. The van der Waals surface area contributed by atoms with Crippen molar-refractivity contribution in [2.75, 3.05) is 6.61 Å². The van der Waals surface area contributed by atoms with Crippen LogP contribution in [-0.4, -0.2) is 24.3 Å². The Morgan fingerprint density at radius 1 is 1.29 bits per heavy atom. The molecule has 1 rings (SSSR count). The maximum absolute atomic E-state index is 11.2. The molecule has 0 bridgehead atoms. The van der Waals surface area contributed by atoms with Gasteiger partial charge in [0.15, 0.2) is 12.4 Å². The van der Waals surface area contributed by atoms with Gasteiger partial charge in [-0.2, -0.15) is 0 Å². The lowest BCUT2D eigenvalue weighted by molar-refractivity contribution is -0.121. The summed E-state index contributed by atoms with van der Waals surface area (Å²) >= 11 is 0. The molecule has 0 spiro atoms. The number of ether oxygens (including phenoxy) is 1. The predicted molar refractivity (Wildman–Crippen MR) is 59.7 cm³/mol. The number of amides is 3. The molecule has 0 aliphatic heterocycles. The molecule has 90 valence electrons. The molecule has 0 aromatic heterocycles. The minimum atomic E-state index is -0.946. The zero-order valence-electron chi connectivity index (χ0n) is 9.23. The van der Waals surface area contributed by atoms with Crippen LogP contribution < -0.4 is 15.8 Å². The molecule has 0 atom stereocenters. The van der Waals surface area contributed by atoms with Crippen LogP contribution in [0.2, 0.25) is 0 Å². The largest absolute Gasteiger partial charge is 0.483 e. The van der Waals surface area contributed by atoms with Crippen LogP contribution in [0, 0.1) is 0 Å². The van der Waals surface area contributed by atoms with Crippen molar-refractivity contribution in [1.82, 2.24) is 5.32 Å². The van der Waals surface area contributed by atoms with Crippen LogP contribution in [0.5, 0.6) is 5.75 Å². The summed E-state index contributed by atoms with van der Waals surface area (Å²) in [5, 5.41) is 1.85. The molecule has 0 heterocycles. The maximum atomic E-state index is 11.2. The Labute approximate surface area is 97.7 Å². The molecule has 0 aliphatic rings. The van der Waals surface area contributed by atoms with Gasteiger partial charge in [-0.25, -0.2) is 4.79 Å². The van der Waals surface area contributed by atoms with Gasteiger partial charge in [-0.3, -0.25) is 14.9 Å². The second-order valence-electron chi connectivity index (χ2n) is 3.25. The number of urea groups is 1. The van der Waals surface area contributed by atoms with Gasteiger partial charge in [-0.15, -0.1) is 0 Å². The van der Waals surface area contributed by atoms with E-state index >= 15 is 0 Å². The second-order valence-corrected chi connectivity index (χ2v) is 3.25.